The third-order valence-corrected chi connectivity index (χ3v) is 3.43. The fourth-order valence-corrected chi connectivity index (χ4v) is 2.27. The molecule has 6 nitrogen and oxygen atoms in total. The van der Waals surface area contributed by atoms with Gasteiger partial charge >= 0.3 is 0 Å². The molecular weight excluding hydrogens is 299 g/mol. The summed E-state index contributed by atoms with van der Waals surface area (Å²) in [5, 5.41) is 18.6. The topological polar surface area (TPSA) is 93.5 Å². The number of anilines is 1. The number of halogens is 3. The molecule has 1 aromatic heterocycles. The molecule has 0 aromatic carbocycles. The SMILES string of the molecule is Nc1nc(=S)n([C@@H]2O[C@H](CO)[C@H](O)C2(F)CF)cc1F. The van der Waals surface area contributed by atoms with Crippen molar-refractivity contribution in [1.82, 2.24) is 9.55 Å². The van der Waals surface area contributed by atoms with E-state index in [9.17, 15) is 18.3 Å². The van der Waals surface area contributed by atoms with Crippen molar-refractivity contribution in [3.05, 3.63) is 16.8 Å². The summed E-state index contributed by atoms with van der Waals surface area (Å²) in [6, 6.07) is 0. The molecule has 1 fully saturated rings. The lowest BCUT2D eigenvalue weighted by atomic mass is 9.97. The predicted molar refractivity (Wildman–Crippen MR) is 64.2 cm³/mol. The maximum absolute atomic E-state index is 14.5. The van der Waals surface area contributed by atoms with Gasteiger partial charge in [-0.05, 0) is 12.2 Å². The van der Waals surface area contributed by atoms with Crippen LogP contribution in [0.2, 0.25) is 0 Å². The largest absolute Gasteiger partial charge is 0.394 e. The molecule has 1 aliphatic rings. The van der Waals surface area contributed by atoms with Crippen LogP contribution in [0.1, 0.15) is 6.23 Å². The molecule has 1 aromatic rings. The lowest BCUT2D eigenvalue weighted by Crippen LogP contribution is -2.45. The number of rotatable bonds is 3. The van der Waals surface area contributed by atoms with Crippen molar-refractivity contribution >= 4 is 18.0 Å². The predicted octanol–water partition coefficient (Wildman–Crippen LogP) is 0.262. The van der Waals surface area contributed by atoms with Crippen LogP contribution < -0.4 is 5.73 Å². The lowest BCUT2D eigenvalue weighted by molar-refractivity contribution is -0.0727. The number of aliphatic hydroxyl groups excluding tert-OH is 2. The van der Waals surface area contributed by atoms with Gasteiger partial charge in [0.1, 0.15) is 18.9 Å². The summed E-state index contributed by atoms with van der Waals surface area (Å²) >= 11 is 4.79. The molecule has 0 bridgehead atoms. The number of alkyl halides is 2. The standard InChI is InChI=1S/C10H12F3N3O3S/c11-3-10(13)6(18)5(2-17)19-8(10)16-1-4(12)7(14)15-9(16)20/h1,5-6,8,17-18H,2-3H2,(H2,14,15,20)/t5-,6+,8-,10?/m1/s1. The van der Waals surface area contributed by atoms with Gasteiger partial charge in [0.2, 0.25) is 10.4 Å². The van der Waals surface area contributed by atoms with Gasteiger partial charge in [-0.25, -0.2) is 13.2 Å². The van der Waals surface area contributed by atoms with Crippen molar-refractivity contribution in [1.29, 1.82) is 0 Å². The number of aromatic nitrogens is 2. The van der Waals surface area contributed by atoms with Crippen molar-refractivity contribution in [3.8, 4) is 0 Å². The molecule has 20 heavy (non-hydrogen) atoms. The smallest absolute Gasteiger partial charge is 0.212 e. The Balaban J connectivity index is 2.51. The first-order valence-corrected chi connectivity index (χ1v) is 5.99. The number of hydrogen-bond acceptors (Lipinski definition) is 6. The molecule has 2 heterocycles. The molecule has 0 radical (unpaired) electrons. The van der Waals surface area contributed by atoms with E-state index < -0.39 is 49.0 Å². The molecule has 4 atom stereocenters. The van der Waals surface area contributed by atoms with Crippen LogP contribution in [0, 0.1) is 10.6 Å². The lowest BCUT2D eigenvalue weighted by Gasteiger charge is -2.26. The molecule has 112 valence electrons. The van der Waals surface area contributed by atoms with Gasteiger partial charge in [-0.3, -0.25) is 4.57 Å². The zero-order valence-corrected chi connectivity index (χ0v) is 10.9. The Morgan fingerprint density at radius 3 is 2.80 bits per heavy atom. The van der Waals surface area contributed by atoms with E-state index in [4.69, 9.17) is 27.8 Å². The molecule has 2 rings (SSSR count). The van der Waals surface area contributed by atoms with E-state index in [0.29, 0.717) is 6.20 Å². The Bertz CT molecular complexity index is 572. The summed E-state index contributed by atoms with van der Waals surface area (Å²) in [6.45, 7) is -2.34. The fraction of sp³-hybridized carbons (Fsp3) is 0.600. The second-order valence-corrected chi connectivity index (χ2v) is 4.74. The maximum atomic E-state index is 14.5. The Morgan fingerprint density at radius 2 is 2.25 bits per heavy atom. The minimum Gasteiger partial charge on any atom is -0.394 e. The van der Waals surface area contributed by atoms with E-state index in [2.05, 4.69) is 4.98 Å². The van der Waals surface area contributed by atoms with Crippen LogP contribution in [0.25, 0.3) is 0 Å². The van der Waals surface area contributed by atoms with Gasteiger partial charge in [-0.15, -0.1) is 0 Å². The Kier molecular flexibility index (Phi) is 4.00. The quantitative estimate of drug-likeness (QED) is 0.694. The minimum absolute atomic E-state index is 0.338. The first-order chi connectivity index (χ1) is 9.35. The molecule has 4 N–H and O–H groups in total. The molecule has 0 spiro atoms. The first kappa shape index (κ1) is 15.2. The number of nitrogen functional groups attached to an aromatic ring is 1. The van der Waals surface area contributed by atoms with E-state index in [-0.39, 0.29) is 4.77 Å². The third kappa shape index (κ3) is 2.18. The number of hydrogen-bond donors (Lipinski definition) is 3. The van der Waals surface area contributed by atoms with E-state index in [1.165, 1.54) is 0 Å². The van der Waals surface area contributed by atoms with Crippen molar-refractivity contribution in [3.63, 3.8) is 0 Å². The zero-order chi connectivity index (χ0) is 15.1. The molecule has 10 heteroatoms. The van der Waals surface area contributed by atoms with E-state index in [1.54, 1.807) is 0 Å². The molecule has 1 unspecified atom stereocenters. The third-order valence-electron chi connectivity index (χ3n) is 3.13. The minimum atomic E-state index is -2.88. The summed E-state index contributed by atoms with van der Waals surface area (Å²) < 4.78 is 46.3. The average molecular weight is 311 g/mol. The van der Waals surface area contributed by atoms with Crippen LogP contribution in [0.3, 0.4) is 0 Å². The molecule has 0 saturated carbocycles. The number of ether oxygens (including phenoxy) is 1. The summed E-state index contributed by atoms with van der Waals surface area (Å²) in [4.78, 5) is 3.46. The maximum Gasteiger partial charge on any atom is 0.212 e. The summed E-state index contributed by atoms with van der Waals surface area (Å²) in [6.07, 6.45) is -4.32. The van der Waals surface area contributed by atoms with Crippen molar-refractivity contribution < 1.29 is 28.1 Å². The van der Waals surface area contributed by atoms with E-state index >= 15 is 0 Å². The van der Waals surface area contributed by atoms with Crippen LogP contribution in [-0.4, -0.2) is 50.9 Å². The first-order valence-electron chi connectivity index (χ1n) is 5.58. The van der Waals surface area contributed by atoms with Crippen LogP contribution in [0.4, 0.5) is 19.0 Å². The van der Waals surface area contributed by atoms with E-state index in [1.807, 2.05) is 0 Å². The van der Waals surface area contributed by atoms with Crippen LogP contribution >= 0.6 is 12.2 Å². The molecule has 0 aliphatic carbocycles. The van der Waals surface area contributed by atoms with Gasteiger partial charge < -0.3 is 20.7 Å². The zero-order valence-electron chi connectivity index (χ0n) is 10.0. The van der Waals surface area contributed by atoms with Gasteiger partial charge in [-0.2, -0.15) is 4.98 Å². The van der Waals surface area contributed by atoms with Crippen molar-refractivity contribution in [2.45, 2.75) is 24.1 Å². The molecule has 1 saturated heterocycles. The average Bonchev–Trinajstić information content (AvgIpc) is 2.67. The Morgan fingerprint density at radius 1 is 1.60 bits per heavy atom. The Labute approximate surface area is 116 Å². The van der Waals surface area contributed by atoms with E-state index in [0.717, 1.165) is 4.57 Å². The highest BCUT2D eigenvalue weighted by Gasteiger charge is 2.58. The highest BCUT2D eigenvalue weighted by atomic mass is 32.1. The highest BCUT2D eigenvalue weighted by Crippen LogP contribution is 2.42. The van der Waals surface area contributed by atoms with Gasteiger partial charge in [0, 0.05) is 6.20 Å². The van der Waals surface area contributed by atoms with Gasteiger partial charge in [0.05, 0.1) is 6.61 Å². The van der Waals surface area contributed by atoms with Gasteiger partial charge in [0.25, 0.3) is 0 Å². The molecular formula is C10H12F3N3O3S. The second-order valence-electron chi connectivity index (χ2n) is 4.38. The number of nitrogens with two attached hydrogens (primary N) is 1. The van der Waals surface area contributed by atoms with Gasteiger partial charge in [-0.1, -0.05) is 0 Å². The summed E-state index contributed by atoms with van der Waals surface area (Å²) in [5.74, 6) is -1.49. The molecule has 0 amide bonds. The van der Waals surface area contributed by atoms with Crippen molar-refractivity contribution in [2.75, 3.05) is 19.0 Å². The Hall–Kier alpha value is -1.23. The summed E-state index contributed by atoms with van der Waals surface area (Å²) in [5.41, 5.74) is 2.33. The fourth-order valence-electron chi connectivity index (χ4n) is 2.02. The van der Waals surface area contributed by atoms with Gasteiger partial charge in [0.15, 0.2) is 17.9 Å². The molecule has 1 aliphatic heterocycles. The van der Waals surface area contributed by atoms with Crippen LogP contribution in [0.5, 0.6) is 0 Å². The van der Waals surface area contributed by atoms with Crippen molar-refractivity contribution in [2.24, 2.45) is 0 Å². The van der Waals surface area contributed by atoms with Crippen LogP contribution in [0.15, 0.2) is 6.20 Å². The second kappa shape index (κ2) is 5.28. The highest BCUT2D eigenvalue weighted by molar-refractivity contribution is 7.71. The number of nitrogens with zero attached hydrogens (tertiary/aromatic N) is 2. The van der Waals surface area contributed by atoms with Crippen LogP contribution in [-0.2, 0) is 4.74 Å². The normalized spacial score (nSPS) is 33.5. The summed E-state index contributed by atoms with van der Waals surface area (Å²) in [7, 11) is 0. The number of aliphatic hydroxyl groups is 2. The monoisotopic (exact) mass is 311 g/mol.